The predicted molar refractivity (Wildman–Crippen MR) is 124 cm³/mol. The van der Waals surface area contributed by atoms with Gasteiger partial charge in [-0.3, -0.25) is 9.59 Å². The van der Waals surface area contributed by atoms with Crippen LogP contribution in [0.25, 0.3) is 0 Å². The van der Waals surface area contributed by atoms with Gasteiger partial charge in [-0.2, -0.15) is 0 Å². The molecule has 0 bridgehead atoms. The van der Waals surface area contributed by atoms with E-state index in [9.17, 15) is 9.59 Å². The molecule has 2 fully saturated rings. The van der Waals surface area contributed by atoms with Gasteiger partial charge in [0.15, 0.2) is 0 Å². The molecule has 2 amide bonds. The highest BCUT2D eigenvalue weighted by molar-refractivity contribution is 6.02. The zero-order chi connectivity index (χ0) is 21.7. The number of hydrogen-bond donors (Lipinski definition) is 2. The molecule has 2 aliphatic rings. The van der Waals surface area contributed by atoms with Crippen LogP contribution in [0.5, 0.6) is 0 Å². The van der Waals surface area contributed by atoms with E-state index in [-0.39, 0.29) is 23.3 Å². The van der Waals surface area contributed by atoms with Crippen LogP contribution in [0.3, 0.4) is 0 Å². The van der Waals surface area contributed by atoms with Gasteiger partial charge in [-0.05, 0) is 55.2 Å². The van der Waals surface area contributed by atoms with Crippen LogP contribution in [-0.4, -0.2) is 30.9 Å². The van der Waals surface area contributed by atoms with E-state index >= 15 is 0 Å². The Morgan fingerprint density at radius 3 is 2.33 bits per heavy atom. The lowest BCUT2D eigenvalue weighted by molar-refractivity contribution is -0.117. The second-order valence-electron chi connectivity index (χ2n) is 10.5. The molecule has 1 aromatic rings. The van der Waals surface area contributed by atoms with Crippen LogP contribution in [0, 0.1) is 11.3 Å². The largest absolute Gasteiger partial charge is 0.371 e. The van der Waals surface area contributed by atoms with Gasteiger partial charge in [-0.15, -0.1) is 0 Å². The summed E-state index contributed by atoms with van der Waals surface area (Å²) in [7, 11) is 0. The number of anilines is 2. The SMILES string of the molecule is CC1CCN(c2ccc(NC(=O)CC(C)(C)C)cc2C(=O)NC2CCCCC2)CC1. The second-order valence-corrected chi connectivity index (χ2v) is 10.5. The van der Waals surface area contributed by atoms with Crippen molar-refractivity contribution in [3.05, 3.63) is 23.8 Å². The van der Waals surface area contributed by atoms with Crippen molar-refractivity contribution in [2.24, 2.45) is 11.3 Å². The molecule has 1 saturated heterocycles. The Bertz CT molecular complexity index is 739. The minimum absolute atomic E-state index is 0.0116. The molecule has 1 aliphatic carbocycles. The van der Waals surface area contributed by atoms with Crippen LogP contribution in [0.1, 0.15) is 89.4 Å². The van der Waals surface area contributed by atoms with Crippen molar-refractivity contribution in [1.82, 2.24) is 5.32 Å². The second kappa shape index (κ2) is 9.84. The summed E-state index contributed by atoms with van der Waals surface area (Å²) < 4.78 is 0. The van der Waals surface area contributed by atoms with Crippen molar-refractivity contribution in [2.45, 2.75) is 85.1 Å². The van der Waals surface area contributed by atoms with E-state index in [2.05, 4.69) is 43.2 Å². The van der Waals surface area contributed by atoms with E-state index < -0.39 is 0 Å². The van der Waals surface area contributed by atoms with E-state index in [4.69, 9.17) is 0 Å². The fourth-order valence-corrected chi connectivity index (χ4v) is 4.52. The van der Waals surface area contributed by atoms with Gasteiger partial charge in [0.2, 0.25) is 5.91 Å². The summed E-state index contributed by atoms with van der Waals surface area (Å²) in [5.74, 6) is 0.708. The van der Waals surface area contributed by atoms with Crippen LogP contribution < -0.4 is 15.5 Å². The molecule has 166 valence electrons. The number of carbonyl (C=O) groups is 2. The Kier molecular flexibility index (Phi) is 7.43. The van der Waals surface area contributed by atoms with Crippen molar-refractivity contribution in [3.8, 4) is 0 Å². The normalized spacial score (nSPS) is 18.9. The number of nitrogens with one attached hydrogen (secondary N) is 2. The first-order valence-corrected chi connectivity index (χ1v) is 11.7. The Labute approximate surface area is 182 Å². The highest BCUT2D eigenvalue weighted by Crippen LogP contribution is 2.30. The van der Waals surface area contributed by atoms with Crippen LogP contribution in [0.2, 0.25) is 0 Å². The number of hydrogen-bond acceptors (Lipinski definition) is 3. The van der Waals surface area contributed by atoms with Gasteiger partial charge in [-0.1, -0.05) is 47.0 Å². The van der Waals surface area contributed by atoms with Crippen molar-refractivity contribution in [2.75, 3.05) is 23.3 Å². The maximum atomic E-state index is 13.3. The van der Waals surface area contributed by atoms with E-state index in [1.165, 1.54) is 19.3 Å². The molecule has 30 heavy (non-hydrogen) atoms. The van der Waals surface area contributed by atoms with E-state index in [1.54, 1.807) is 0 Å². The van der Waals surface area contributed by atoms with Crippen molar-refractivity contribution in [3.63, 3.8) is 0 Å². The van der Waals surface area contributed by atoms with Gasteiger partial charge in [0, 0.05) is 36.9 Å². The molecule has 1 saturated carbocycles. The van der Waals surface area contributed by atoms with Gasteiger partial charge in [0.1, 0.15) is 0 Å². The number of carbonyl (C=O) groups excluding carboxylic acids is 2. The maximum absolute atomic E-state index is 13.3. The van der Waals surface area contributed by atoms with E-state index in [0.29, 0.717) is 17.7 Å². The molecule has 1 aromatic carbocycles. The lowest BCUT2D eigenvalue weighted by Gasteiger charge is -2.34. The number of amides is 2. The highest BCUT2D eigenvalue weighted by atomic mass is 16.2. The highest BCUT2D eigenvalue weighted by Gasteiger charge is 2.24. The van der Waals surface area contributed by atoms with Crippen LogP contribution in [0.15, 0.2) is 18.2 Å². The average molecular weight is 414 g/mol. The summed E-state index contributed by atoms with van der Waals surface area (Å²) >= 11 is 0. The number of nitrogens with zero attached hydrogens (tertiary/aromatic N) is 1. The number of piperidine rings is 1. The van der Waals surface area contributed by atoms with E-state index in [0.717, 1.165) is 50.4 Å². The first kappa shape index (κ1) is 22.6. The number of benzene rings is 1. The summed E-state index contributed by atoms with van der Waals surface area (Å²) in [6, 6.07) is 6.08. The lowest BCUT2D eigenvalue weighted by atomic mass is 9.92. The summed E-state index contributed by atoms with van der Waals surface area (Å²) in [6.07, 6.45) is 8.49. The van der Waals surface area contributed by atoms with Gasteiger partial charge in [0.25, 0.3) is 5.91 Å². The summed E-state index contributed by atoms with van der Waals surface area (Å²) in [5.41, 5.74) is 2.30. The summed E-state index contributed by atoms with van der Waals surface area (Å²) in [6.45, 7) is 10.4. The van der Waals surface area contributed by atoms with E-state index in [1.807, 2.05) is 18.2 Å². The van der Waals surface area contributed by atoms with Crippen LogP contribution in [-0.2, 0) is 4.79 Å². The molecule has 5 nitrogen and oxygen atoms in total. The maximum Gasteiger partial charge on any atom is 0.253 e. The zero-order valence-corrected chi connectivity index (χ0v) is 19.2. The molecule has 5 heteroatoms. The molecule has 0 atom stereocenters. The molecule has 1 heterocycles. The van der Waals surface area contributed by atoms with Crippen molar-refractivity contribution in [1.29, 1.82) is 0 Å². The monoisotopic (exact) mass is 413 g/mol. The molecule has 0 aromatic heterocycles. The number of rotatable bonds is 5. The Morgan fingerprint density at radius 2 is 1.70 bits per heavy atom. The van der Waals surface area contributed by atoms with Gasteiger partial charge in [0.05, 0.1) is 5.56 Å². The molecule has 2 N–H and O–H groups in total. The zero-order valence-electron chi connectivity index (χ0n) is 19.2. The summed E-state index contributed by atoms with van der Waals surface area (Å²) in [4.78, 5) is 28.0. The Morgan fingerprint density at radius 1 is 1.03 bits per heavy atom. The van der Waals surface area contributed by atoms with Crippen LogP contribution in [0.4, 0.5) is 11.4 Å². The van der Waals surface area contributed by atoms with Gasteiger partial charge >= 0.3 is 0 Å². The smallest absolute Gasteiger partial charge is 0.253 e. The topological polar surface area (TPSA) is 61.4 Å². The molecular weight excluding hydrogens is 374 g/mol. The molecule has 3 rings (SSSR count). The molecule has 1 aliphatic heterocycles. The lowest BCUT2D eigenvalue weighted by Crippen LogP contribution is -2.38. The fourth-order valence-electron chi connectivity index (χ4n) is 4.52. The third-order valence-corrected chi connectivity index (χ3v) is 6.28. The van der Waals surface area contributed by atoms with Gasteiger partial charge in [-0.25, -0.2) is 0 Å². The first-order valence-electron chi connectivity index (χ1n) is 11.7. The minimum Gasteiger partial charge on any atom is -0.371 e. The predicted octanol–water partition coefficient (Wildman–Crippen LogP) is 5.36. The fraction of sp³-hybridized carbons (Fsp3) is 0.680. The minimum atomic E-state index is -0.0737. The van der Waals surface area contributed by atoms with Crippen molar-refractivity contribution < 1.29 is 9.59 Å². The molecule has 0 spiro atoms. The van der Waals surface area contributed by atoms with Crippen molar-refractivity contribution >= 4 is 23.2 Å². The molecule has 0 unspecified atom stereocenters. The standard InChI is InChI=1S/C25H39N3O2/c1-18-12-14-28(15-13-18)22-11-10-20(26-23(29)17-25(2,3)4)16-21(22)24(30)27-19-8-6-5-7-9-19/h10-11,16,18-19H,5-9,12-15,17H2,1-4H3,(H,26,29)(H,27,30). The Balaban J connectivity index is 1.80. The van der Waals surface area contributed by atoms with Crippen LogP contribution >= 0.6 is 0 Å². The summed E-state index contributed by atoms with van der Waals surface area (Å²) in [5, 5.41) is 6.26. The Hall–Kier alpha value is -2.04. The van der Waals surface area contributed by atoms with Gasteiger partial charge < -0.3 is 15.5 Å². The first-order chi connectivity index (χ1) is 14.2. The molecular formula is C25H39N3O2. The third-order valence-electron chi connectivity index (χ3n) is 6.28. The quantitative estimate of drug-likeness (QED) is 0.683. The molecule has 0 radical (unpaired) electrons. The average Bonchev–Trinajstić information content (AvgIpc) is 2.68. The third kappa shape index (κ3) is 6.48.